The van der Waals surface area contributed by atoms with Crippen LogP contribution in [0.3, 0.4) is 0 Å². The maximum atomic E-state index is 11.7. The molecule has 1 saturated heterocycles. The number of nitrogens with zero attached hydrogens (tertiary/aromatic N) is 1. The van der Waals surface area contributed by atoms with E-state index >= 15 is 0 Å². The van der Waals surface area contributed by atoms with E-state index < -0.39 is 6.04 Å². The molecule has 0 aliphatic carbocycles. The minimum atomic E-state index is -0.398. The van der Waals surface area contributed by atoms with Gasteiger partial charge in [-0.05, 0) is 51.7 Å². The van der Waals surface area contributed by atoms with E-state index in [1.54, 1.807) is 7.11 Å². The van der Waals surface area contributed by atoms with Crippen molar-refractivity contribution >= 4 is 5.91 Å². The fourth-order valence-corrected chi connectivity index (χ4v) is 2.41. The van der Waals surface area contributed by atoms with Gasteiger partial charge in [0, 0.05) is 20.3 Å². The van der Waals surface area contributed by atoms with Gasteiger partial charge in [0.15, 0.2) is 0 Å². The molecule has 1 unspecified atom stereocenters. The van der Waals surface area contributed by atoms with E-state index in [0.29, 0.717) is 13.0 Å². The molecule has 112 valence electrons. The molecule has 5 nitrogen and oxygen atoms in total. The van der Waals surface area contributed by atoms with Crippen LogP contribution in [0.4, 0.5) is 0 Å². The molecule has 0 bridgehead atoms. The first kappa shape index (κ1) is 16.4. The van der Waals surface area contributed by atoms with E-state index in [4.69, 9.17) is 10.5 Å². The Balaban J connectivity index is 1.99. The zero-order valence-corrected chi connectivity index (χ0v) is 12.2. The molecule has 0 aromatic rings. The quantitative estimate of drug-likeness (QED) is 0.607. The summed E-state index contributed by atoms with van der Waals surface area (Å²) in [6.07, 6.45) is 6.53. The Hall–Kier alpha value is -0.650. The molecule has 0 aromatic heterocycles. The lowest BCUT2D eigenvalue weighted by Gasteiger charge is -2.26. The van der Waals surface area contributed by atoms with Crippen LogP contribution < -0.4 is 11.1 Å². The molecule has 1 fully saturated rings. The van der Waals surface area contributed by atoms with E-state index in [1.165, 1.54) is 32.4 Å². The molecule has 5 heteroatoms. The summed E-state index contributed by atoms with van der Waals surface area (Å²) >= 11 is 0. The third-order valence-electron chi connectivity index (χ3n) is 3.60. The van der Waals surface area contributed by atoms with Gasteiger partial charge in [-0.1, -0.05) is 6.42 Å². The first-order valence-electron chi connectivity index (χ1n) is 7.48. The largest absolute Gasteiger partial charge is 0.385 e. The van der Waals surface area contributed by atoms with Crippen molar-refractivity contribution in [3.8, 4) is 0 Å². The molecular weight excluding hydrogens is 242 g/mol. The predicted octanol–water partition coefficient (Wildman–Crippen LogP) is 0.733. The van der Waals surface area contributed by atoms with E-state index in [2.05, 4.69) is 10.2 Å². The van der Waals surface area contributed by atoms with Crippen molar-refractivity contribution in [3.63, 3.8) is 0 Å². The first-order valence-corrected chi connectivity index (χ1v) is 7.48. The second-order valence-electron chi connectivity index (χ2n) is 5.29. The molecule has 19 heavy (non-hydrogen) atoms. The van der Waals surface area contributed by atoms with E-state index in [1.807, 2.05) is 0 Å². The van der Waals surface area contributed by atoms with Crippen molar-refractivity contribution in [3.05, 3.63) is 0 Å². The Morgan fingerprint density at radius 2 is 2.05 bits per heavy atom. The molecule has 1 heterocycles. The van der Waals surface area contributed by atoms with Gasteiger partial charge < -0.3 is 20.7 Å². The summed E-state index contributed by atoms with van der Waals surface area (Å²) in [6, 6.07) is -0.398. The van der Waals surface area contributed by atoms with E-state index in [-0.39, 0.29) is 5.91 Å². The lowest BCUT2D eigenvalue weighted by molar-refractivity contribution is -0.122. The summed E-state index contributed by atoms with van der Waals surface area (Å²) in [5.74, 6) is -0.0326. The number of piperidine rings is 1. The zero-order valence-electron chi connectivity index (χ0n) is 12.2. The molecule has 1 amide bonds. The Morgan fingerprint density at radius 3 is 2.74 bits per heavy atom. The second-order valence-corrected chi connectivity index (χ2v) is 5.29. The van der Waals surface area contributed by atoms with Crippen LogP contribution in [0.25, 0.3) is 0 Å². The average molecular weight is 271 g/mol. The highest BCUT2D eigenvalue weighted by atomic mass is 16.5. The summed E-state index contributed by atoms with van der Waals surface area (Å²) in [5.41, 5.74) is 5.81. The Bertz CT molecular complexity index is 243. The van der Waals surface area contributed by atoms with Gasteiger partial charge >= 0.3 is 0 Å². The van der Waals surface area contributed by atoms with Gasteiger partial charge in [-0.15, -0.1) is 0 Å². The summed E-state index contributed by atoms with van der Waals surface area (Å²) in [7, 11) is 1.66. The smallest absolute Gasteiger partial charge is 0.236 e. The number of carbonyl (C=O) groups excluding carboxylic acids is 1. The SMILES string of the molecule is COCCCC(N)C(=O)NCCCN1CCCCC1. The molecule has 3 N–H and O–H groups in total. The Kier molecular flexibility index (Phi) is 8.79. The number of methoxy groups -OCH3 is 1. The van der Waals surface area contributed by atoms with Gasteiger partial charge in [0.25, 0.3) is 0 Å². The summed E-state index contributed by atoms with van der Waals surface area (Å²) in [6.45, 7) is 4.90. The zero-order chi connectivity index (χ0) is 13.9. The number of rotatable bonds is 9. The number of hydrogen-bond donors (Lipinski definition) is 2. The van der Waals surface area contributed by atoms with Gasteiger partial charge in [-0.25, -0.2) is 0 Å². The van der Waals surface area contributed by atoms with Crippen molar-refractivity contribution in [1.82, 2.24) is 10.2 Å². The number of amides is 1. The third-order valence-corrected chi connectivity index (χ3v) is 3.60. The van der Waals surface area contributed by atoms with Gasteiger partial charge in [0.05, 0.1) is 6.04 Å². The molecule has 0 spiro atoms. The molecular formula is C14H29N3O2. The van der Waals surface area contributed by atoms with Crippen LogP contribution in [0.15, 0.2) is 0 Å². The molecule has 0 aromatic carbocycles. The minimum Gasteiger partial charge on any atom is -0.385 e. The van der Waals surface area contributed by atoms with Crippen LogP contribution in [-0.2, 0) is 9.53 Å². The molecule has 1 atom stereocenters. The lowest BCUT2D eigenvalue weighted by atomic mass is 10.1. The highest BCUT2D eigenvalue weighted by Gasteiger charge is 2.13. The fourth-order valence-electron chi connectivity index (χ4n) is 2.41. The molecule has 0 radical (unpaired) electrons. The molecule has 1 rings (SSSR count). The Labute approximate surface area is 116 Å². The van der Waals surface area contributed by atoms with E-state index in [0.717, 1.165) is 25.9 Å². The predicted molar refractivity (Wildman–Crippen MR) is 77.0 cm³/mol. The maximum absolute atomic E-state index is 11.7. The molecule has 1 aliphatic heterocycles. The fraction of sp³-hybridized carbons (Fsp3) is 0.929. The van der Waals surface area contributed by atoms with Gasteiger partial charge in [0.2, 0.25) is 5.91 Å². The number of likely N-dealkylation sites (tertiary alicyclic amines) is 1. The normalized spacial score (nSPS) is 18.2. The van der Waals surface area contributed by atoms with Gasteiger partial charge in [-0.3, -0.25) is 4.79 Å². The number of carbonyl (C=O) groups is 1. The van der Waals surface area contributed by atoms with Crippen LogP contribution in [0.2, 0.25) is 0 Å². The average Bonchev–Trinajstić information content (AvgIpc) is 2.44. The number of nitrogens with one attached hydrogen (secondary N) is 1. The highest BCUT2D eigenvalue weighted by molar-refractivity contribution is 5.81. The van der Waals surface area contributed by atoms with Crippen LogP contribution in [-0.4, -0.2) is 56.7 Å². The van der Waals surface area contributed by atoms with E-state index in [9.17, 15) is 4.79 Å². The first-order chi connectivity index (χ1) is 9.24. The molecule has 0 saturated carbocycles. The minimum absolute atomic E-state index is 0.0326. The third kappa shape index (κ3) is 7.50. The summed E-state index contributed by atoms with van der Waals surface area (Å²) in [4.78, 5) is 14.2. The number of nitrogens with two attached hydrogens (primary N) is 1. The Morgan fingerprint density at radius 1 is 1.32 bits per heavy atom. The highest BCUT2D eigenvalue weighted by Crippen LogP contribution is 2.08. The van der Waals surface area contributed by atoms with Crippen molar-refractivity contribution in [1.29, 1.82) is 0 Å². The lowest BCUT2D eigenvalue weighted by Crippen LogP contribution is -2.41. The standard InChI is InChI=1S/C14H29N3O2/c1-19-12-5-7-13(15)14(18)16-8-6-11-17-9-3-2-4-10-17/h13H,2-12,15H2,1H3,(H,16,18). The van der Waals surface area contributed by atoms with Gasteiger partial charge in [0.1, 0.15) is 0 Å². The van der Waals surface area contributed by atoms with Crippen LogP contribution >= 0.6 is 0 Å². The summed E-state index contributed by atoms with van der Waals surface area (Å²) in [5, 5.41) is 2.92. The van der Waals surface area contributed by atoms with Crippen LogP contribution in [0, 0.1) is 0 Å². The van der Waals surface area contributed by atoms with Crippen molar-refractivity contribution in [2.24, 2.45) is 5.73 Å². The topological polar surface area (TPSA) is 67.6 Å². The number of hydrogen-bond acceptors (Lipinski definition) is 4. The van der Waals surface area contributed by atoms with Crippen molar-refractivity contribution in [2.45, 2.75) is 44.6 Å². The maximum Gasteiger partial charge on any atom is 0.236 e. The second kappa shape index (κ2) is 10.2. The monoisotopic (exact) mass is 271 g/mol. The molecule has 1 aliphatic rings. The summed E-state index contributed by atoms with van der Waals surface area (Å²) < 4.78 is 4.94. The van der Waals surface area contributed by atoms with Crippen LogP contribution in [0.5, 0.6) is 0 Å². The van der Waals surface area contributed by atoms with Gasteiger partial charge in [-0.2, -0.15) is 0 Å². The van der Waals surface area contributed by atoms with Crippen molar-refractivity contribution in [2.75, 3.05) is 39.9 Å². The van der Waals surface area contributed by atoms with Crippen molar-refractivity contribution < 1.29 is 9.53 Å². The number of ether oxygens (including phenoxy) is 1. The van der Waals surface area contributed by atoms with Crippen LogP contribution in [0.1, 0.15) is 38.5 Å².